The van der Waals surface area contributed by atoms with Gasteiger partial charge in [-0.3, -0.25) is 0 Å². The molecule has 2 unspecified atom stereocenters. The molecule has 0 aliphatic carbocycles. The molecule has 2 aliphatic heterocycles. The minimum atomic E-state index is -3.31. The average molecular weight is 312 g/mol. The van der Waals surface area contributed by atoms with Crippen LogP contribution >= 0.6 is 11.6 Å². The normalized spacial score (nSPS) is 26.9. The second kappa shape index (κ2) is 5.17. The topological polar surface area (TPSA) is 37.4 Å². The van der Waals surface area contributed by atoms with Crippen LogP contribution in [0.4, 0.5) is 0 Å². The summed E-state index contributed by atoms with van der Waals surface area (Å²) in [7, 11) is -3.31. The molecule has 0 amide bonds. The molecule has 2 fully saturated rings. The number of sulfonamides is 1. The highest BCUT2D eigenvalue weighted by Gasteiger charge is 2.44. The van der Waals surface area contributed by atoms with Gasteiger partial charge in [0.2, 0.25) is 10.0 Å². The van der Waals surface area contributed by atoms with E-state index >= 15 is 0 Å². The summed E-state index contributed by atoms with van der Waals surface area (Å²) < 4.78 is 27.2. The largest absolute Gasteiger partial charge is 0.218 e. The monoisotopic (exact) mass is 311 g/mol. The van der Waals surface area contributed by atoms with Gasteiger partial charge < -0.3 is 0 Å². The molecule has 0 saturated carbocycles. The van der Waals surface area contributed by atoms with Gasteiger partial charge in [-0.05, 0) is 37.3 Å². The lowest BCUT2D eigenvalue weighted by atomic mass is 10.0. The molecule has 2 saturated heterocycles. The van der Waals surface area contributed by atoms with Gasteiger partial charge >= 0.3 is 0 Å². The first kappa shape index (κ1) is 14.1. The van der Waals surface area contributed by atoms with E-state index in [4.69, 9.17) is 11.6 Å². The number of halogens is 1. The molecule has 3 rings (SSSR count). The van der Waals surface area contributed by atoms with Crippen molar-refractivity contribution in [3.05, 3.63) is 47.0 Å². The van der Waals surface area contributed by atoms with Gasteiger partial charge in [0.1, 0.15) is 0 Å². The number of rotatable bonds is 3. The van der Waals surface area contributed by atoms with Gasteiger partial charge in [0.25, 0.3) is 0 Å². The predicted octanol–water partition coefficient (Wildman–Crippen LogP) is 3.35. The summed E-state index contributed by atoms with van der Waals surface area (Å²) in [5.74, 6) is -0.00779. The van der Waals surface area contributed by atoms with Crippen LogP contribution in [0.1, 0.15) is 31.2 Å². The summed E-state index contributed by atoms with van der Waals surface area (Å²) in [6.45, 7) is 4.03. The minimum absolute atomic E-state index is 0.00779. The van der Waals surface area contributed by atoms with E-state index < -0.39 is 10.0 Å². The van der Waals surface area contributed by atoms with Gasteiger partial charge in [0, 0.05) is 17.1 Å². The predicted molar refractivity (Wildman–Crippen MR) is 81.1 cm³/mol. The highest BCUT2D eigenvalue weighted by Crippen LogP contribution is 2.40. The Hall–Kier alpha value is -0.840. The second-order valence-electron chi connectivity index (χ2n) is 5.72. The number of hydrogen-bond acceptors (Lipinski definition) is 2. The quantitative estimate of drug-likeness (QED) is 0.803. The fraction of sp³-hybridized carbons (Fsp3) is 0.467. The zero-order chi connectivity index (χ0) is 14.3. The Labute approximate surface area is 125 Å². The number of benzene rings is 1. The van der Waals surface area contributed by atoms with Crippen LogP contribution in [0.3, 0.4) is 0 Å². The molecular formula is C15H18ClNO2S. The van der Waals surface area contributed by atoms with Crippen molar-refractivity contribution in [2.75, 3.05) is 0 Å². The van der Waals surface area contributed by atoms with E-state index in [-0.39, 0.29) is 17.8 Å². The lowest BCUT2D eigenvalue weighted by Gasteiger charge is -2.34. The van der Waals surface area contributed by atoms with Crippen molar-refractivity contribution in [2.24, 2.45) is 0 Å². The standard InChI is InChI=1S/C15H18ClNO2S/c1-11-8-13-6-7-14(9-11)17(13)20(18,19)10-12-4-2-3-5-15(12)16/h2-5,13-14H,1,6-10H2. The van der Waals surface area contributed by atoms with Crippen molar-refractivity contribution in [3.8, 4) is 0 Å². The Morgan fingerprint density at radius 3 is 2.40 bits per heavy atom. The van der Waals surface area contributed by atoms with Crippen molar-refractivity contribution >= 4 is 21.6 Å². The van der Waals surface area contributed by atoms with E-state index in [1.54, 1.807) is 16.4 Å². The molecule has 2 bridgehead atoms. The Bertz CT molecular complexity index is 625. The maximum atomic E-state index is 12.7. The summed E-state index contributed by atoms with van der Waals surface area (Å²) >= 11 is 6.08. The molecule has 0 radical (unpaired) electrons. The van der Waals surface area contributed by atoms with Crippen LogP contribution in [-0.4, -0.2) is 24.8 Å². The van der Waals surface area contributed by atoms with E-state index in [9.17, 15) is 8.42 Å². The van der Waals surface area contributed by atoms with Crippen molar-refractivity contribution in [3.63, 3.8) is 0 Å². The lowest BCUT2D eigenvalue weighted by Crippen LogP contribution is -2.45. The maximum absolute atomic E-state index is 12.7. The number of hydrogen-bond donors (Lipinski definition) is 0. The van der Waals surface area contributed by atoms with E-state index in [1.807, 2.05) is 12.1 Å². The Kier molecular flexibility index (Phi) is 3.65. The van der Waals surface area contributed by atoms with Crippen molar-refractivity contribution in [1.29, 1.82) is 0 Å². The van der Waals surface area contributed by atoms with Crippen molar-refractivity contribution < 1.29 is 8.42 Å². The summed E-state index contributed by atoms with van der Waals surface area (Å²) in [5.41, 5.74) is 1.86. The van der Waals surface area contributed by atoms with Crippen LogP contribution in [0.2, 0.25) is 5.02 Å². The van der Waals surface area contributed by atoms with Gasteiger partial charge in [-0.2, -0.15) is 4.31 Å². The summed E-state index contributed by atoms with van der Waals surface area (Å²) in [6, 6.07) is 7.36. The molecule has 0 aromatic heterocycles. The van der Waals surface area contributed by atoms with Crippen LogP contribution in [0.15, 0.2) is 36.4 Å². The van der Waals surface area contributed by atoms with E-state index in [2.05, 4.69) is 6.58 Å². The van der Waals surface area contributed by atoms with Crippen molar-refractivity contribution in [2.45, 2.75) is 43.5 Å². The molecule has 2 heterocycles. The Morgan fingerprint density at radius 2 is 1.80 bits per heavy atom. The zero-order valence-electron chi connectivity index (χ0n) is 11.3. The van der Waals surface area contributed by atoms with Crippen LogP contribution in [0, 0.1) is 0 Å². The molecule has 20 heavy (non-hydrogen) atoms. The van der Waals surface area contributed by atoms with E-state index in [0.717, 1.165) is 25.7 Å². The molecule has 1 aromatic rings. The molecule has 3 nitrogen and oxygen atoms in total. The fourth-order valence-corrected chi connectivity index (χ4v) is 5.76. The first-order chi connectivity index (χ1) is 9.47. The summed E-state index contributed by atoms with van der Waals surface area (Å²) in [6.07, 6.45) is 3.51. The smallest absolute Gasteiger partial charge is 0.212 e. The molecule has 1 aromatic carbocycles. The number of piperidine rings is 1. The average Bonchev–Trinajstić information content (AvgIpc) is 2.66. The molecule has 2 atom stereocenters. The second-order valence-corrected chi connectivity index (χ2v) is 8.00. The maximum Gasteiger partial charge on any atom is 0.218 e. The SMILES string of the molecule is C=C1CC2CCC(C1)N2S(=O)(=O)Cc1ccccc1Cl. The third kappa shape index (κ3) is 2.52. The van der Waals surface area contributed by atoms with E-state index in [0.29, 0.717) is 10.6 Å². The molecule has 108 valence electrons. The summed E-state index contributed by atoms with van der Waals surface area (Å²) in [5, 5.41) is 0.518. The first-order valence-electron chi connectivity index (χ1n) is 6.88. The van der Waals surface area contributed by atoms with Gasteiger partial charge in [-0.15, -0.1) is 0 Å². The minimum Gasteiger partial charge on any atom is -0.212 e. The van der Waals surface area contributed by atoms with Gasteiger partial charge in [-0.1, -0.05) is 42.0 Å². The first-order valence-corrected chi connectivity index (χ1v) is 8.87. The lowest BCUT2D eigenvalue weighted by molar-refractivity contribution is 0.285. The van der Waals surface area contributed by atoms with Gasteiger partial charge in [0.15, 0.2) is 0 Å². The zero-order valence-corrected chi connectivity index (χ0v) is 12.8. The van der Waals surface area contributed by atoms with Crippen LogP contribution < -0.4 is 0 Å². The van der Waals surface area contributed by atoms with E-state index in [1.165, 1.54) is 5.57 Å². The van der Waals surface area contributed by atoms with Gasteiger partial charge in [-0.25, -0.2) is 8.42 Å². The highest BCUT2D eigenvalue weighted by molar-refractivity contribution is 7.88. The Balaban J connectivity index is 1.86. The molecule has 0 N–H and O–H groups in total. The molecule has 5 heteroatoms. The Morgan fingerprint density at radius 1 is 1.20 bits per heavy atom. The number of nitrogens with zero attached hydrogens (tertiary/aromatic N) is 1. The van der Waals surface area contributed by atoms with Gasteiger partial charge in [0.05, 0.1) is 5.75 Å². The third-order valence-corrected chi connectivity index (χ3v) is 6.50. The molecule has 0 spiro atoms. The van der Waals surface area contributed by atoms with Crippen LogP contribution in [0.5, 0.6) is 0 Å². The third-order valence-electron chi connectivity index (χ3n) is 4.22. The van der Waals surface area contributed by atoms with Crippen LogP contribution in [-0.2, 0) is 15.8 Å². The highest BCUT2D eigenvalue weighted by atomic mass is 35.5. The van der Waals surface area contributed by atoms with Crippen molar-refractivity contribution in [1.82, 2.24) is 4.31 Å². The molecular weight excluding hydrogens is 294 g/mol. The molecule has 2 aliphatic rings. The summed E-state index contributed by atoms with van der Waals surface area (Å²) in [4.78, 5) is 0. The fourth-order valence-electron chi connectivity index (χ4n) is 3.41. The number of fused-ring (bicyclic) bond motifs is 2. The van der Waals surface area contributed by atoms with Crippen LogP contribution in [0.25, 0.3) is 0 Å².